The molecule has 0 rings (SSSR count). The standard InChI is InChI=1S/C11H26N4O2S.HI/c1-5-15(18(4,16)17)8-6-7-13-11(12)14-9-10(2)3;/h10H,5-9H2,1-4H3,(H3,12,13,14);1H. The first-order valence-corrected chi connectivity index (χ1v) is 8.11. The molecule has 0 heterocycles. The van der Waals surface area contributed by atoms with E-state index in [1.807, 2.05) is 6.92 Å². The summed E-state index contributed by atoms with van der Waals surface area (Å²) in [4.78, 5) is 4.16. The molecule has 0 aliphatic carbocycles. The van der Waals surface area contributed by atoms with Crippen LogP contribution in [0.15, 0.2) is 4.99 Å². The monoisotopic (exact) mass is 406 g/mol. The van der Waals surface area contributed by atoms with E-state index in [4.69, 9.17) is 5.73 Å². The fourth-order valence-electron chi connectivity index (χ4n) is 1.37. The van der Waals surface area contributed by atoms with Crippen molar-refractivity contribution >= 4 is 40.0 Å². The van der Waals surface area contributed by atoms with Crippen LogP contribution >= 0.6 is 24.0 Å². The van der Waals surface area contributed by atoms with Crippen molar-refractivity contribution in [2.75, 3.05) is 32.4 Å². The zero-order chi connectivity index (χ0) is 14.2. The van der Waals surface area contributed by atoms with Gasteiger partial charge in [0.05, 0.1) is 6.26 Å². The average Bonchev–Trinajstić information content (AvgIpc) is 2.24. The van der Waals surface area contributed by atoms with Crippen LogP contribution < -0.4 is 11.1 Å². The van der Waals surface area contributed by atoms with Gasteiger partial charge in [0.1, 0.15) is 0 Å². The van der Waals surface area contributed by atoms with Gasteiger partial charge < -0.3 is 11.1 Å². The number of nitrogens with two attached hydrogens (primary N) is 1. The SMILES string of the molecule is CCN(CCCNC(N)=NCC(C)C)S(C)(=O)=O.I. The molecule has 0 spiro atoms. The van der Waals surface area contributed by atoms with E-state index < -0.39 is 10.0 Å². The Kier molecular flexibility index (Phi) is 11.9. The van der Waals surface area contributed by atoms with Crippen molar-refractivity contribution in [2.45, 2.75) is 27.2 Å². The lowest BCUT2D eigenvalue weighted by molar-refractivity contribution is 0.424. The Morgan fingerprint density at radius 1 is 1.42 bits per heavy atom. The molecular formula is C11H27IN4O2S. The molecule has 6 nitrogen and oxygen atoms in total. The molecule has 0 amide bonds. The van der Waals surface area contributed by atoms with Gasteiger partial charge in [-0.05, 0) is 12.3 Å². The number of halogens is 1. The smallest absolute Gasteiger partial charge is 0.211 e. The number of guanidine groups is 1. The molecule has 0 atom stereocenters. The molecule has 19 heavy (non-hydrogen) atoms. The van der Waals surface area contributed by atoms with E-state index in [1.165, 1.54) is 10.6 Å². The highest BCUT2D eigenvalue weighted by Gasteiger charge is 2.12. The summed E-state index contributed by atoms with van der Waals surface area (Å²) in [5, 5.41) is 2.98. The second kappa shape index (κ2) is 10.7. The topological polar surface area (TPSA) is 87.8 Å². The number of nitrogens with zero attached hydrogens (tertiary/aromatic N) is 2. The molecule has 0 unspecified atom stereocenters. The zero-order valence-electron chi connectivity index (χ0n) is 12.2. The van der Waals surface area contributed by atoms with Crippen LogP contribution in [0.2, 0.25) is 0 Å². The second-order valence-corrected chi connectivity index (χ2v) is 6.64. The maximum absolute atomic E-state index is 11.3. The largest absolute Gasteiger partial charge is 0.370 e. The minimum absolute atomic E-state index is 0. The van der Waals surface area contributed by atoms with Crippen molar-refractivity contribution in [2.24, 2.45) is 16.6 Å². The Hall–Kier alpha value is -0.0900. The summed E-state index contributed by atoms with van der Waals surface area (Å²) in [6, 6.07) is 0. The zero-order valence-corrected chi connectivity index (χ0v) is 15.4. The maximum Gasteiger partial charge on any atom is 0.211 e. The van der Waals surface area contributed by atoms with Crippen molar-refractivity contribution in [3.05, 3.63) is 0 Å². The Labute approximate surface area is 134 Å². The Morgan fingerprint density at radius 2 is 2.00 bits per heavy atom. The lowest BCUT2D eigenvalue weighted by Crippen LogP contribution is -2.36. The van der Waals surface area contributed by atoms with E-state index in [1.54, 1.807) is 0 Å². The minimum atomic E-state index is -3.09. The third kappa shape index (κ3) is 11.4. The number of aliphatic imine (C=N–C) groups is 1. The highest BCUT2D eigenvalue weighted by molar-refractivity contribution is 14.0. The summed E-state index contributed by atoms with van der Waals surface area (Å²) >= 11 is 0. The first kappa shape index (κ1) is 21.2. The molecule has 0 aromatic heterocycles. The van der Waals surface area contributed by atoms with Crippen LogP contribution in [-0.2, 0) is 10.0 Å². The molecule has 0 bridgehead atoms. The van der Waals surface area contributed by atoms with Gasteiger partial charge in [0.15, 0.2) is 5.96 Å². The Balaban J connectivity index is 0. The van der Waals surface area contributed by atoms with Crippen molar-refractivity contribution in [1.29, 1.82) is 0 Å². The van der Waals surface area contributed by atoms with E-state index in [9.17, 15) is 8.42 Å². The molecule has 8 heteroatoms. The van der Waals surface area contributed by atoms with E-state index in [0.29, 0.717) is 44.5 Å². The van der Waals surface area contributed by atoms with Crippen LogP contribution in [-0.4, -0.2) is 51.1 Å². The number of nitrogens with one attached hydrogen (secondary N) is 1. The molecule has 3 N–H and O–H groups in total. The van der Waals surface area contributed by atoms with Gasteiger partial charge in [-0.15, -0.1) is 24.0 Å². The number of hydrogen-bond acceptors (Lipinski definition) is 3. The normalized spacial score (nSPS) is 12.6. The molecule has 0 aliphatic rings. The van der Waals surface area contributed by atoms with Gasteiger partial charge in [0.2, 0.25) is 10.0 Å². The summed E-state index contributed by atoms with van der Waals surface area (Å²) in [7, 11) is -3.09. The van der Waals surface area contributed by atoms with Gasteiger partial charge in [-0.3, -0.25) is 4.99 Å². The first-order valence-electron chi connectivity index (χ1n) is 6.26. The van der Waals surface area contributed by atoms with Crippen LogP contribution in [0.5, 0.6) is 0 Å². The highest BCUT2D eigenvalue weighted by atomic mass is 127. The van der Waals surface area contributed by atoms with Gasteiger partial charge in [0, 0.05) is 26.2 Å². The van der Waals surface area contributed by atoms with Crippen LogP contribution in [0.1, 0.15) is 27.2 Å². The lowest BCUT2D eigenvalue weighted by atomic mass is 10.2. The van der Waals surface area contributed by atoms with Crippen LogP contribution in [0.3, 0.4) is 0 Å². The highest BCUT2D eigenvalue weighted by Crippen LogP contribution is 1.98. The Morgan fingerprint density at radius 3 is 2.42 bits per heavy atom. The second-order valence-electron chi connectivity index (χ2n) is 4.65. The van der Waals surface area contributed by atoms with Crippen molar-refractivity contribution in [1.82, 2.24) is 9.62 Å². The fourth-order valence-corrected chi connectivity index (χ4v) is 2.30. The third-order valence-corrected chi connectivity index (χ3v) is 3.72. The average molecular weight is 406 g/mol. The predicted octanol–water partition coefficient (Wildman–Crippen LogP) is 0.836. The minimum Gasteiger partial charge on any atom is -0.370 e. The third-order valence-electron chi connectivity index (χ3n) is 2.34. The Bertz CT molecular complexity index is 358. The van der Waals surface area contributed by atoms with Crippen molar-refractivity contribution in [3.63, 3.8) is 0 Å². The van der Waals surface area contributed by atoms with Crippen LogP contribution in [0.4, 0.5) is 0 Å². The number of rotatable bonds is 8. The quantitative estimate of drug-likeness (QED) is 0.271. The van der Waals surface area contributed by atoms with Crippen LogP contribution in [0, 0.1) is 5.92 Å². The van der Waals surface area contributed by atoms with Gasteiger partial charge in [-0.2, -0.15) is 0 Å². The molecule has 0 fully saturated rings. The maximum atomic E-state index is 11.3. The van der Waals surface area contributed by atoms with Crippen LogP contribution in [0.25, 0.3) is 0 Å². The van der Waals surface area contributed by atoms with E-state index >= 15 is 0 Å². The van der Waals surface area contributed by atoms with E-state index in [-0.39, 0.29) is 24.0 Å². The van der Waals surface area contributed by atoms with Gasteiger partial charge in [0.25, 0.3) is 0 Å². The van der Waals surface area contributed by atoms with E-state index in [0.717, 1.165) is 0 Å². The fraction of sp³-hybridized carbons (Fsp3) is 0.909. The molecule has 0 aromatic carbocycles. The molecular weight excluding hydrogens is 379 g/mol. The number of sulfonamides is 1. The molecule has 116 valence electrons. The summed E-state index contributed by atoms with van der Waals surface area (Å²) in [6.07, 6.45) is 1.93. The van der Waals surface area contributed by atoms with Crippen molar-refractivity contribution in [3.8, 4) is 0 Å². The predicted molar refractivity (Wildman–Crippen MR) is 91.5 cm³/mol. The lowest BCUT2D eigenvalue weighted by Gasteiger charge is -2.17. The first-order chi connectivity index (χ1) is 8.27. The van der Waals surface area contributed by atoms with Gasteiger partial charge in [-0.25, -0.2) is 12.7 Å². The van der Waals surface area contributed by atoms with E-state index in [2.05, 4.69) is 24.2 Å². The van der Waals surface area contributed by atoms with Crippen molar-refractivity contribution < 1.29 is 8.42 Å². The summed E-state index contributed by atoms with van der Waals surface area (Å²) < 4.78 is 24.1. The summed E-state index contributed by atoms with van der Waals surface area (Å²) in [5.41, 5.74) is 5.66. The van der Waals surface area contributed by atoms with Gasteiger partial charge in [-0.1, -0.05) is 20.8 Å². The summed E-state index contributed by atoms with van der Waals surface area (Å²) in [6.45, 7) is 8.29. The molecule has 0 aromatic rings. The summed E-state index contributed by atoms with van der Waals surface area (Å²) in [5.74, 6) is 0.900. The molecule has 0 radical (unpaired) electrons. The number of hydrogen-bond donors (Lipinski definition) is 2. The molecule has 0 saturated carbocycles. The molecule has 0 aliphatic heterocycles. The van der Waals surface area contributed by atoms with Gasteiger partial charge >= 0.3 is 0 Å². The molecule has 0 saturated heterocycles.